The average molecular weight is 467 g/mol. The van der Waals surface area contributed by atoms with Crippen molar-refractivity contribution in [2.24, 2.45) is 5.73 Å². The smallest absolute Gasteiger partial charge is 0.237 e. The molecule has 198 valence electrons. The van der Waals surface area contributed by atoms with E-state index in [4.69, 9.17) is 5.73 Å². The molecule has 1 amide bonds. The number of primary amides is 1. The molecule has 0 aliphatic rings. The number of carbonyl (C=O) groups is 1. The van der Waals surface area contributed by atoms with E-state index in [0.29, 0.717) is 12.1 Å². The molecule has 3 nitrogen and oxygen atoms in total. The summed E-state index contributed by atoms with van der Waals surface area (Å²) >= 11 is 0. The van der Waals surface area contributed by atoms with Gasteiger partial charge < -0.3 is 5.73 Å². The van der Waals surface area contributed by atoms with Gasteiger partial charge in [0.05, 0.1) is 0 Å². The zero-order valence-electron chi connectivity index (χ0n) is 23.7. The predicted molar refractivity (Wildman–Crippen MR) is 148 cm³/mol. The summed E-state index contributed by atoms with van der Waals surface area (Å²) in [6, 6.07) is 0.654. The predicted octanol–water partition coefficient (Wildman–Crippen LogP) is 9.17. The van der Waals surface area contributed by atoms with Gasteiger partial charge in [-0.05, 0) is 40.5 Å². The van der Waals surface area contributed by atoms with E-state index in [1.54, 1.807) is 0 Å². The molecule has 0 rings (SSSR count). The van der Waals surface area contributed by atoms with Crippen LogP contribution >= 0.6 is 0 Å². The van der Waals surface area contributed by atoms with Crippen molar-refractivity contribution < 1.29 is 4.79 Å². The number of rotatable bonds is 24. The van der Waals surface area contributed by atoms with E-state index in [1.165, 1.54) is 109 Å². The molecule has 3 heteroatoms. The van der Waals surface area contributed by atoms with Crippen LogP contribution in [0.5, 0.6) is 0 Å². The van der Waals surface area contributed by atoms with Crippen molar-refractivity contribution in [1.82, 2.24) is 4.90 Å². The Hall–Kier alpha value is -0.570. The normalized spacial score (nSPS) is 13.8. The highest BCUT2D eigenvalue weighted by molar-refractivity contribution is 5.84. The number of unbranched alkanes of at least 4 members (excludes halogenated alkanes) is 17. The minimum absolute atomic E-state index is 0.139. The quantitative estimate of drug-likeness (QED) is 0.144. The van der Waals surface area contributed by atoms with Gasteiger partial charge >= 0.3 is 0 Å². The van der Waals surface area contributed by atoms with Crippen LogP contribution in [0, 0.1) is 0 Å². The Morgan fingerprint density at radius 1 is 0.606 bits per heavy atom. The number of hydrogen-bond donors (Lipinski definition) is 1. The maximum Gasteiger partial charge on any atom is 0.237 e. The van der Waals surface area contributed by atoms with Crippen molar-refractivity contribution in [3.8, 4) is 0 Å². The first-order valence-corrected chi connectivity index (χ1v) is 14.9. The van der Waals surface area contributed by atoms with Gasteiger partial charge in [0.15, 0.2) is 0 Å². The SMILES string of the molecule is CCCCCCCCCCCCCCCCCCCCC(CC)(C(N)=O)N(C(C)C)C(C)C. The Balaban J connectivity index is 3.77. The standard InChI is InChI=1S/C30H62N2O/c1-7-9-10-11-12-13-14-15-16-17-18-19-20-21-22-23-24-25-26-30(8-2,29(31)33)32(27(3)4)28(5)6/h27-28H,7-26H2,1-6H3,(H2,31,33). The molecular weight excluding hydrogens is 404 g/mol. The summed E-state index contributed by atoms with van der Waals surface area (Å²) in [4.78, 5) is 14.8. The average Bonchev–Trinajstić information content (AvgIpc) is 2.76. The van der Waals surface area contributed by atoms with Crippen molar-refractivity contribution in [3.05, 3.63) is 0 Å². The fourth-order valence-corrected chi connectivity index (χ4v) is 5.82. The van der Waals surface area contributed by atoms with E-state index >= 15 is 0 Å². The van der Waals surface area contributed by atoms with Crippen LogP contribution in [-0.2, 0) is 4.79 Å². The van der Waals surface area contributed by atoms with Gasteiger partial charge in [0.1, 0.15) is 5.54 Å². The molecular formula is C30H62N2O. The number of hydrogen-bond acceptors (Lipinski definition) is 2. The van der Waals surface area contributed by atoms with Crippen molar-refractivity contribution in [1.29, 1.82) is 0 Å². The molecule has 2 N–H and O–H groups in total. The zero-order valence-corrected chi connectivity index (χ0v) is 23.7. The second-order valence-electron chi connectivity index (χ2n) is 11.1. The van der Waals surface area contributed by atoms with E-state index in [9.17, 15) is 4.79 Å². The topological polar surface area (TPSA) is 46.3 Å². The third-order valence-corrected chi connectivity index (χ3v) is 7.59. The van der Waals surface area contributed by atoms with Gasteiger partial charge in [-0.2, -0.15) is 0 Å². The Morgan fingerprint density at radius 3 is 1.15 bits per heavy atom. The second kappa shape index (κ2) is 20.8. The largest absolute Gasteiger partial charge is 0.368 e. The van der Waals surface area contributed by atoms with E-state index in [0.717, 1.165) is 19.3 Å². The minimum Gasteiger partial charge on any atom is -0.368 e. The van der Waals surface area contributed by atoms with Gasteiger partial charge in [-0.1, -0.05) is 129 Å². The molecule has 0 aliphatic carbocycles. The van der Waals surface area contributed by atoms with Crippen LogP contribution in [0.15, 0.2) is 0 Å². The van der Waals surface area contributed by atoms with E-state index in [-0.39, 0.29) is 5.91 Å². The van der Waals surface area contributed by atoms with E-state index < -0.39 is 5.54 Å². The lowest BCUT2D eigenvalue weighted by molar-refractivity contribution is -0.134. The van der Waals surface area contributed by atoms with Crippen molar-refractivity contribution in [3.63, 3.8) is 0 Å². The summed E-state index contributed by atoms with van der Waals surface area (Å²) < 4.78 is 0. The highest BCUT2D eigenvalue weighted by atomic mass is 16.1. The van der Waals surface area contributed by atoms with Crippen LogP contribution in [0.3, 0.4) is 0 Å². The molecule has 0 fully saturated rings. The maximum absolute atomic E-state index is 12.5. The summed E-state index contributed by atoms with van der Waals surface area (Å²) in [5, 5.41) is 0. The van der Waals surface area contributed by atoms with Crippen LogP contribution in [0.25, 0.3) is 0 Å². The highest BCUT2D eigenvalue weighted by Crippen LogP contribution is 2.31. The van der Waals surface area contributed by atoms with Crippen molar-refractivity contribution >= 4 is 5.91 Å². The first-order chi connectivity index (χ1) is 15.8. The molecule has 0 heterocycles. The molecule has 33 heavy (non-hydrogen) atoms. The Kier molecular flexibility index (Phi) is 20.4. The first kappa shape index (κ1) is 32.4. The minimum atomic E-state index is -0.489. The molecule has 0 aromatic carbocycles. The van der Waals surface area contributed by atoms with Gasteiger partial charge in [0, 0.05) is 12.1 Å². The van der Waals surface area contributed by atoms with Gasteiger partial charge in [0.2, 0.25) is 5.91 Å². The Morgan fingerprint density at radius 2 is 0.909 bits per heavy atom. The monoisotopic (exact) mass is 466 g/mol. The third kappa shape index (κ3) is 14.4. The van der Waals surface area contributed by atoms with Gasteiger partial charge in [-0.15, -0.1) is 0 Å². The van der Waals surface area contributed by atoms with Crippen molar-refractivity contribution in [2.75, 3.05) is 0 Å². The fourth-order valence-electron chi connectivity index (χ4n) is 5.82. The highest BCUT2D eigenvalue weighted by Gasteiger charge is 2.42. The molecule has 0 aromatic rings. The maximum atomic E-state index is 12.5. The molecule has 0 spiro atoms. The van der Waals surface area contributed by atoms with Gasteiger partial charge in [0.25, 0.3) is 0 Å². The van der Waals surface area contributed by atoms with Crippen LogP contribution in [0.1, 0.15) is 170 Å². The van der Waals surface area contributed by atoms with Gasteiger partial charge in [-0.3, -0.25) is 9.69 Å². The molecule has 0 bridgehead atoms. The third-order valence-electron chi connectivity index (χ3n) is 7.59. The van der Waals surface area contributed by atoms with Crippen molar-refractivity contribution in [2.45, 2.75) is 188 Å². The van der Waals surface area contributed by atoms with E-state index in [1.807, 2.05) is 0 Å². The number of amides is 1. The summed E-state index contributed by atoms with van der Waals surface area (Å²) in [5.41, 5.74) is 5.47. The lowest BCUT2D eigenvalue weighted by atomic mass is 9.84. The Bertz CT molecular complexity index is 441. The number of nitrogens with two attached hydrogens (primary N) is 1. The summed E-state index contributed by atoms with van der Waals surface area (Å²) in [5.74, 6) is -0.139. The lowest BCUT2D eigenvalue weighted by Gasteiger charge is -2.46. The summed E-state index contributed by atoms with van der Waals surface area (Å²) in [6.45, 7) is 13.1. The fraction of sp³-hybridized carbons (Fsp3) is 0.967. The lowest BCUT2D eigenvalue weighted by Crippen LogP contribution is -2.61. The molecule has 0 aromatic heterocycles. The van der Waals surface area contributed by atoms with Gasteiger partial charge in [-0.25, -0.2) is 0 Å². The van der Waals surface area contributed by atoms with Crippen LogP contribution in [0.2, 0.25) is 0 Å². The molecule has 0 radical (unpaired) electrons. The summed E-state index contributed by atoms with van der Waals surface area (Å²) in [6.07, 6.45) is 26.6. The number of nitrogens with zero attached hydrogens (tertiary/aromatic N) is 1. The second-order valence-corrected chi connectivity index (χ2v) is 11.1. The Labute approximate surface area is 209 Å². The van der Waals surface area contributed by atoms with Crippen LogP contribution < -0.4 is 5.73 Å². The van der Waals surface area contributed by atoms with Crippen LogP contribution in [0.4, 0.5) is 0 Å². The molecule has 0 saturated heterocycles. The number of carbonyl (C=O) groups excluding carboxylic acids is 1. The summed E-state index contributed by atoms with van der Waals surface area (Å²) in [7, 11) is 0. The first-order valence-electron chi connectivity index (χ1n) is 14.9. The zero-order chi connectivity index (χ0) is 25.0. The molecule has 0 aliphatic heterocycles. The van der Waals surface area contributed by atoms with Crippen LogP contribution in [-0.4, -0.2) is 28.4 Å². The molecule has 1 atom stereocenters. The molecule has 1 unspecified atom stereocenters. The molecule has 0 saturated carbocycles. The van der Waals surface area contributed by atoms with E-state index in [2.05, 4.69) is 46.4 Å².